The Bertz CT molecular complexity index is 1080. The Morgan fingerprint density at radius 3 is 2.63 bits per heavy atom. The topological polar surface area (TPSA) is 95.5 Å². The highest BCUT2D eigenvalue weighted by Gasteiger charge is 2.32. The van der Waals surface area contributed by atoms with Gasteiger partial charge in [-0.1, -0.05) is 19.1 Å². The molecule has 2 aromatic rings. The molecule has 2 aliphatic carbocycles. The summed E-state index contributed by atoms with van der Waals surface area (Å²) in [5.41, 5.74) is 3.58. The summed E-state index contributed by atoms with van der Waals surface area (Å²) in [5.74, 6) is 0.956. The van der Waals surface area contributed by atoms with Crippen LogP contribution in [-0.2, 0) is 28.5 Å². The van der Waals surface area contributed by atoms with Gasteiger partial charge in [0.1, 0.15) is 4.21 Å². The number of thiophene rings is 1. The second-order valence-corrected chi connectivity index (χ2v) is 11.7. The van der Waals surface area contributed by atoms with Crippen LogP contribution in [0.1, 0.15) is 68.2 Å². The molecular weight excluding hydrogens is 420 g/mol. The van der Waals surface area contributed by atoms with E-state index >= 15 is 0 Å². The third kappa shape index (κ3) is 4.26. The van der Waals surface area contributed by atoms with E-state index in [0.29, 0.717) is 17.4 Å². The first-order valence-corrected chi connectivity index (χ1v) is 12.7. The number of anilines is 1. The molecule has 0 spiro atoms. The second kappa shape index (κ2) is 7.66. The Balaban J connectivity index is 1.57. The van der Waals surface area contributed by atoms with Gasteiger partial charge in [0.25, 0.3) is 10.0 Å². The fraction of sp³-hybridized carbons (Fsp3) is 0.500. The van der Waals surface area contributed by atoms with Gasteiger partial charge in [0.2, 0.25) is 0 Å². The van der Waals surface area contributed by atoms with Gasteiger partial charge >= 0.3 is 6.03 Å². The Kier molecular flexibility index (Phi) is 5.45. The number of carbonyl (C=O) groups excluding carboxylic acids is 1. The zero-order valence-corrected chi connectivity index (χ0v) is 19.1. The number of aryl methyl sites for hydroxylation is 1. The van der Waals surface area contributed by atoms with Crippen molar-refractivity contribution in [1.82, 2.24) is 4.72 Å². The van der Waals surface area contributed by atoms with E-state index in [-0.39, 0.29) is 4.21 Å². The average molecular weight is 449 g/mol. The molecule has 2 amide bonds. The standard InChI is InChI=1S/C22H28N2O4S2/c1-13(14-7-8-14)17-10-9-15-5-4-6-18(15)20(17)23-21(25)24-30(27,28)19-11-16(12-29-19)22(2,3)26/h9-14,26H,4-8H2,1-3H3,(H2,23,24,25)/t13-/m1/s1. The van der Waals surface area contributed by atoms with Gasteiger partial charge in [0, 0.05) is 5.69 Å². The number of amides is 2. The van der Waals surface area contributed by atoms with Crippen LogP contribution in [0.4, 0.5) is 10.5 Å². The molecule has 1 saturated carbocycles. The largest absolute Gasteiger partial charge is 0.386 e. The van der Waals surface area contributed by atoms with Crippen LogP contribution in [0.15, 0.2) is 27.8 Å². The van der Waals surface area contributed by atoms with Crippen LogP contribution in [0.25, 0.3) is 0 Å². The lowest BCUT2D eigenvalue weighted by atomic mass is 9.91. The smallest absolute Gasteiger partial charge is 0.333 e. The first-order chi connectivity index (χ1) is 14.1. The number of urea groups is 1. The molecule has 3 N–H and O–H groups in total. The van der Waals surface area contributed by atoms with Crippen molar-refractivity contribution >= 4 is 33.1 Å². The minimum atomic E-state index is -4.02. The number of fused-ring (bicyclic) bond motifs is 1. The lowest BCUT2D eigenvalue weighted by molar-refractivity contribution is 0.0789. The Morgan fingerprint density at radius 1 is 1.27 bits per heavy atom. The minimum absolute atomic E-state index is 0.000336. The number of aliphatic hydroxyl groups is 1. The molecule has 0 radical (unpaired) electrons. The van der Waals surface area contributed by atoms with E-state index in [2.05, 4.69) is 29.1 Å². The summed E-state index contributed by atoms with van der Waals surface area (Å²) in [5, 5.41) is 14.5. The van der Waals surface area contributed by atoms with E-state index in [4.69, 9.17) is 0 Å². The highest BCUT2D eigenvalue weighted by atomic mass is 32.2. The van der Waals surface area contributed by atoms with Crippen molar-refractivity contribution in [2.75, 3.05) is 5.32 Å². The molecule has 1 heterocycles. The van der Waals surface area contributed by atoms with E-state index in [1.165, 1.54) is 24.5 Å². The first kappa shape index (κ1) is 21.3. The summed E-state index contributed by atoms with van der Waals surface area (Å²) in [6, 6.07) is 4.89. The van der Waals surface area contributed by atoms with E-state index in [9.17, 15) is 18.3 Å². The fourth-order valence-electron chi connectivity index (χ4n) is 4.15. The molecule has 1 aromatic carbocycles. The molecule has 2 aliphatic rings. The molecule has 0 unspecified atom stereocenters. The number of rotatable bonds is 6. The van der Waals surface area contributed by atoms with Crippen molar-refractivity contribution in [3.63, 3.8) is 0 Å². The van der Waals surface area contributed by atoms with Gasteiger partial charge in [0.05, 0.1) is 5.60 Å². The Labute approximate surface area is 181 Å². The molecule has 4 rings (SSSR count). The van der Waals surface area contributed by atoms with E-state index in [1.807, 2.05) is 0 Å². The highest BCUT2D eigenvalue weighted by molar-refractivity contribution is 7.92. The van der Waals surface area contributed by atoms with Crippen LogP contribution >= 0.6 is 11.3 Å². The number of nitrogens with one attached hydrogen (secondary N) is 2. The average Bonchev–Trinajstić information content (AvgIpc) is 3.16. The third-order valence-electron chi connectivity index (χ3n) is 6.15. The van der Waals surface area contributed by atoms with Gasteiger partial charge < -0.3 is 10.4 Å². The minimum Gasteiger partial charge on any atom is -0.386 e. The summed E-state index contributed by atoms with van der Waals surface area (Å²) in [6.07, 6.45) is 5.31. The summed E-state index contributed by atoms with van der Waals surface area (Å²) < 4.78 is 27.5. The highest BCUT2D eigenvalue weighted by Crippen LogP contribution is 2.46. The molecule has 1 fully saturated rings. The lowest BCUT2D eigenvalue weighted by Gasteiger charge is -2.20. The quantitative estimate of drug-likeness (QED) is 0.607. The summed E-state index contributed by atoms with van der Waals surface area (Å²) in [7, 11) is -4.02. The third-order valence-corrected chi connectivity index (χ3v) is 8.92. The van der Waals surface area contributed by atoms with Crippen molar-refractivity contribution in [2.45, 2.75) is 68.6 Å². The fourth-order valence-corrected chi connectivity index (χ4v) is 6.40. The Hall–Kier alpha value is -1.90. The van der Waals surface area contributed by atoms with Gasteiger partial charge in [-0.3, -0.25) is 0 Å². The molecule has 162 valence electrons. The maximum Gasteiger partial charge on any atom is 0.333 e. The number of carbonyl (C=O) groups is 1. The SMILES string of the molecule is C[C@@H](c1ccc2c(c1NC(=O)NS(=O)(=O)c1cc(C(C)(C)O)cs1)CCC2)C1CC1. The van der Waals surface area contributed by atoms with Crippen LogP contribution in [0.5, 0.6) is 0 Å². The van der Waals surface area contributed by atoms with Gasteiger partial charge in [-0.25, -0.2) is 17.9 Å². The number of hydrogen-bond acceptors (Lipinski definition) is 5. The molecule has 6 nitrogen and oxygen atoms in total. The maximum absolute atomic E-state index is 12.7. The molecule has 0 saturated heterocycles. The van der Waals surface area contributed by atoms with Crippen LogP contribution in [0.3, 0.4) is 0 Å². The first-order valence-electron chi connectivity index (χ1n) is 10.4. The molecule has 0 aliphatic heterocycles. The van der Waals surface area contributed by atoms with E-state index in [1.54, 1.807) is 19.2 Å². The van der Waals surface area contributed by atoms with Crippen LogP contribution in [-0.4, -0.2) is 19.6 Å². The van der Waals surface area contributed by atoms with Crippen molar-refractivity contribution in [3.05, 3.63) is 45.8 Å². The predicted molar refractivity (Wildman–Crippen MR) is 119 cm³/mol. The maximum atomic E-state index is 12.7. The van der Waals surface area contributed by atoms with E-state index < -0.39 is 21.7 Å². The zero-order valence-electron chi connectivity index (χ0n) is 17.5. The summed E-state index contributed by atoms with van der Waals surface area (Å²) >= 11 is 0.982. The van der Waals surface area contributed by atoms with Crippen molar-refractivity contribution < 1.29 is 18.3 Å². The molecular formula is C22H28N2O4S2. The number of sulfonamides is 1. The molecule has 8 heteroatoms. The van der Waals surface area contributed by atoms with Crippen LogP contribution in [0, 0.1) is 5.92 Å². The Morgan fingerprint density at radius 2 is 2.00 bits per heavy atom. The zero-order chi connectivity index (χ0) is 21.7. The summed E-state index contributed by atoms with van der Waals surface area (Å²) in [4.78, 5) is 12.7. The van der Waals surface area contributed by atoms with Gasteiger partial charge in [-0.15, -0.1) is 11.3 Å². The van der Waals surface area contributed by atoms with Gasteiger partial charge in [-0.05, 0) is 91.5 Å². The van der Waals surface area contributed by atoms with Gasteiger partial charge in [-0.2, -0.15) is 0 Å². The molecule has 1 atom stereocenters. The molecule has 30 heavy (non-hydrogen) atoms. The number of benzene rings is 1. The van der Waals surface area contributed by atoms with Crippen LogP contribution in [0.2, 0.25) is 0 Å². The van der Waals surface area contributed by atoms with Crippen molar-refractivity contribution in [1.29, 1.82) is 0 Å². The lowest BCUT2D eigenvalue weighted by Crippen LogP contribution is -2.34. The molecule has 0 bridgehead atoms. The monoisotopic (exact) mass is 448 g/mol. The normalized spacial score (nSPS) is 17.5. The van der Waals surface area contributed by atoms with Gasteiger partial charge in [0.15, 0.2) is 0 Å². The van der Waals surface area contributed by atoms with E-state index in [0.717, 1.165) is 47.4 Å². The van der Waals surface area contributed by atoms with Crippen molar-refractivity contribution in [2.24, 2.45) is 5.92 Å². The molecule has 1 aromatic heterocycles. The summed E-state index contributed by atoms with van der Waals surface area (Å²) in [6.45, 7) is 5.35. The van der Waals surface area contributed by atoms with Crippen LogP contribution < -0.4 is 10.0 Å². The second-order valence-electron chi connectivity index (χ2n) is 8.92. The predicted octanol–water partition coefficient (Wildman–Crippen LogP) is 4.49. The van der Waals surface area contributed by atoms with Crippen molar-refractivity contribution in [3.8, 4) is 0 Å². The number of hydrogen-bond donors (Lipinski definition) is 3.